The van der Waals surface area contributed by atoms with Crippen molar-refractivity contribution in [2.45, 2.75) is 90.8 Å². The summed E-state index contributed by atoms with van der Waals surface area (Å²) < 4.78 is 6.52. The number of aromatic nitrogens is 1. The van der Waals surface area contributed by atoms with Crippen molar-refractivity contribution < 1.29 is 14.3 Å². The highest BCUT2D eigenvalue weighted by Gasteiger charge is 2.51. The number of piperidine rings is 1. The lowest BCUT2D eigenvalue weighted by Gasteiger charge is -2.42. The van der Waals surface area contributed by atoms with E-state index < -0.39 is 5.60 Å². The third-order valence-corrected chi connectivity index (χ3v) is 9.27. The smallest absolute Gasteiger partial charge is 0.410 e. The van der Waals surface area contributed by atoms with Crippen LogP contribution in [0.4, 0.5) is 16.3 Å². The second-order valence-electron chi connectivity index (χ2n) is 12.5. The molecule has 4 aliphatic heterocycles. The predicted molar refractivity (Wildman–Crippen MR) is 142 cm³/mol. The van der Waals surface area contributed by atoms with E-state index in [1.54, 1.807) is 4.90 Å². The number of carbonyl (C=O) groups excluding carboxylic acids is 2. The number of aryl methyl sites for hydroxylation is 1. The van der Waals surface area contributed by atoms with Crippen molar-refractivity contribution in [2.75, 3.05) is 44.2 Å². The molecule has 1 unspecified atom stereocenters. The van der Waals surface area contributed by atoms with Gasteiger partial charge in [-0.3, -0.25) is 9.28 Å². The van der Waals surface area contributed by atoms with E-state index in [1.165, 1.54) is 25.1 Å². The van der Waals surface area contributed by atoms with Crippen LogP contribution in [0, 0.1) is 12.3 Å². The maximum Gasteiger partial charge on any atom is 0.410 e. The van der Waals surface area contributed by atoms with Crippen LogP contribution >= 0.6 is 0 Å². The number of hydrogen-bond acceptors (Lipinski definition) is 5. The molecule has 8 nitrogen and oxygen atoms in total. The number of carbonyl (C=O) groups is 2. The maximum atomic E-state index is 13.8. The van der Waals surface area contributed by atoms with Crippen molar-refractivity contribution in [3.8, 4) is 0 Å². The number of likely N-dealkylation sites (tertiary alicyclic amines) is 2. The zero-order chi connectivity index (χ0) is 25.7. The standard InChI is InChI=1S/C28H44N5O3/c1-20-7-6-18-33(20,22-10-14-29-19-22)24-9-8-23(21(2)30-24)32-17-13-28(25(32)34)11-15-31(16-12-28)26(35)36-27(3,4)5/h8-9,20,22,29H,6-7,10-19H2,1-5H3/q+1/t20-,22+,33?/m0/s1. The fourth-order valence-corrected chi connectivity index (χ4v) is 7.22. The highest BCUT2D eigenvalue weighted by Crippen LogP contribution is 2.45. The molecular weight excluding hydrogens is 454 g/mol. The summed E-state index contributed by atoms with van der Waals surface area (Å²) in [6.45, 7) is 15.2. The highest BCUT2D eigenvalue weighted by molar-refractivity contribution is 6.00. The van der Waals surface area contributed by atoms with E-state index in [1.807, 2.05) is 25.7 Å². The Balaban J connectivity index is 1.31. The minimum Gasteiger partial charge on any atom is -0.444 e. The Morgan fingerprint density at radius 3 is 2.47 bits per heavy atom. The first-order chi connectivity index (χ1) is 17.1. The Kier molecular flexibility index (Phi) is 6.56. The average molecular weight is 499 g/mol. The summed E-state index contributed by atoms with van der Waals surface area (Å²) in [5.74, 6) is 1.37. The minimum absolute atomic E-state index is 0.197. The number of amides is 2. The molecular formula is C28H44N5O3+. The third kappa shape index (κ3) is 4.30. The Bertz CT molecular complexity index is 1010. The zero-order valence-corrected chi connectivity index (χ0v) is 22.8. The zero-order valence-electron chi connectivity index (χ0n) is 22.8. The van der Waals surface area contributed by atoms with Gasteiger partial charge >= 0.3 is 6.09 Å². The highest BCUT2D eigenvalue weighted by atomic mass is 16.6. The number of quaternary nitrogens is 1. The molecule has 0 bridgehead atoms. The van der Waals surface area contributed by atoms with Crippen molar-refractivity contribution in [1.29, 1.82) is 0 Å². The second kappa shape index (κ2) is 9.28. The van der Waals surface area contributed by atoms with E-state index in [-0.39, 0.29) is 17.4 Å². The van der Waals surface area contributed by atoms with Gasteiger partial charge in [0, 0.05) is 58.1 Å². The largest absolute Gasteiger partial charge is 0.444 e. The quantitative estimate of drug-likeness (QED) is 0.638. The van der Waals surface area contributed by atoms with Gasteiger partial charge in [-0.15, -0.1) is 0 Å². The van der Waals surface area contributed by atoms with Gasteiger partial charge in [0.05, 0.1) is 29.4 Å². The van der Waals surface area contributed by atoms with Gasteiger partial charge in [-0.1, -0.05) is 0 Å². The number of hydrogen-bond donors (Lipinski definition) is 1. The number of anilines is 1. The van der Waals surface area contributed by atoms with Gasteiger partial charge in [0.25, 0.3) is 0 Å². The molecule has 5 rings (SSSR count). The summed E-state index contributed by atoms with van der Waals surface area (Å²) in [6.07, 6.45) is 5.62. The molecule has 1 spiro atoms. The van der Waals surface area contributed by atoms with Gasteiger partial charge in [-0.05, 0) is 59.9 Å². The molecule has 8 heteroatoms. The summed E-state index contributed by atoms with van der Waals surface area (Å²) >= 11 is 0. The molecule has 4 saturated heterocycles. The van der Waals surface area contributed by atoms with E-state index in [0.717, 1.165) is 48.5 Å². The maximum absolute atomic E-state index is 13.8. The molecule has 0 radical (unpaired) electrons. The Morgan fingerprint density at radius 1 is 1.17 bits per heavy atom. The molecule has 0 saturated carbocycles. The van der Waals surface area contributed by atoms with Crippen molar-refractivity contribution >= 4 is 23.5 Å². The van der Waals surface area contributed by atoms with Crippen LogP contribution in [-0.2, 0) is 9.53 Å². The SMILES string of the molecule is Cc1nc([N+]2([C@@H]3CCNC3)CCC[C@@H]2C)ccc1N1CCC2(CCN(C(=O)OC(C)(C)C)CC2)C1=O. The fraction of sp³-hybridized carbons (Fsp3) is 0.750. The summed E-state index contributed by atoms with van der Waals surface area (Å²) in [5.41, 5.74) is 1.01. The molecule has 0 aromatic carbocycles. The van der Waals surface area contributed by atoms with E-state index in [4.69, 9.17) is 9.72 Å². The number of nitrogens with zero attached hydrogens (tertiary/aromatic N) is 4. The fourth-order valence-electron chi connectivity index (χ4n) is 7.22. The van der Waals surface area contributed by atoms with Crippen LogP contribution in [0.15, 0.2) is 12.1 Å². The molecule has 4 aliphatic rings. The van der Waals surface area contributed by atoms with Gasteiger partial charge in [0.2, 0.25) is 11.7 Å². The van der Waals surface area contributed by atoms with Gasteiger partial charge in [-0.2, -0.15) is 4.98 Å². The summed E-state index contributed by atoms with van der Waals surface area (Å²) in [5, 5.41) is 3.57. The number of pyridine rings is 1. The first kappa shape index (κ1) is 25.5. The second-order valence-corrected chi connectivity index (χ2v) is 12.5. The minimum atomic E-state index is -0.509. The molecule has 198 valence electrons. The van der Waals surface area contributed by atoms with Crippen LogP contribution in [0.3, 0.4) is 0 Å². The van der Waals surface area contributed by atoms with Crippen molar-refractivity contribution in [3.05, 3.63) is 17.8 Å². The van der Waals surface area contributed by atoms with Gasteiger partial charge in [-0.25, -0.2) is 4.79 Å². The van der Waals surface area contributed by atoms with Gasteiger partial charge < -0.3 is 19.9 Å². The van der Waals surface area contributed by atoms with Crippen LogP contribution in [0.5, 0.6) is 0 Å². The van der Waals surface area contributed by atoms with Gasteiger partial charge in [0.15, 0.2) is 0 Å². The number of rotatable bonds is 3. The van der Waals surface area contributed by atoms with Crippen LogP contribution < -0.4 is 14.7 Å². The first-order valence-corrected chi connectivity index (χ1v) is 13.9. The molecule has 2 amide bonds. The average Bonchev–Trinajstić information content (AvgIpc) is 3.55. The van der Waals surface area contributed by atoms with Crippen LogP contribution in [0.2, 0.25) is 0 Å². The van der Waals surface area contributed by atoms with Crippen molar-refractivity contribution in [2.24, 2.45) is 5.41 Å². The van der Waals surface area contributed by atoms with Crippen LogP contribution in [0.1, 0.15) is 71.9 Å². The van der Waals surface area contributed by atoms with E-state index >= 15 is 0 Å². The normalized spacial score (nSPS) is 30.4. The first-order valence-electron chi connectivity index (χ1n) is 13.9. The topological polar surface area (TPSA) is 74.8 Å². The predicted octanol–water partition coefficient (Wildman–Crippen LogP) is 4.00. The Hall–Kier alpha value is -2.19. The molecule has 1 aromatic rings. The molecule has 4 fully saturated rings. The summed E-state index contributed by atoms with van der Waals surface area (Å²) in [7, 11) is 0. The molecule has 1 aromatic heterocycles. The third-order valence-electron chi connectivity index (χ3n) is 9.27. The Labute approximate surface area is 215 Å². The molecule has 3 atom stereocenters. The molecule has 0 aliphatic carbocycles. The molecule has 1 N–H and O–H groups in total. The lowest BCUT2D eigenvalue weighted by atomic mass is 9.77. The van der Waals surface area contributed by atoms with Crippen LogP contribution in [-0.4, -0.2) is 78.8 Å². The number of nitrogens with one attached hydrogen (secondary N) is 1. The lowest BCUT2D eigenvalue weighted by molar-refractivity contribution is -0.128. The monoisotopic (exact) mass is 498 g/mol. The van der Waals surface area contributed by atoms with Gasteiger partial charge in [0.1, 0.15) is 11.6 Å². The Morgan fingerprint density at radius 2 is 1.89 bits per heavy atom. The van der Waals surface area contributed by atoms with E-state index in [9.17, 15) is 9.59 Å². The van der Waals surface area contributed by atoms with Crippen LogP contribution in [0.25, 0.3) is 0 Å². The van der Waals surface area contributed by atoms with Crippen molar-refractivity contribution in [1.82, 2.24) is 19.7 Å². The molecule has 36 heavy (non-hydrogen) atoms. The van der Waals surface area contributed by atoms with E-state index in [0.29, 0.717) is 38.0 Å². The number of ether oxygens (including phenoxy) is 1. The molecule has 5 heterocycles. The van der Waals surface area contributed by atoms with Crippen molar-refractivity contribution in [3.63, 3.8) is 0 Å². The summed E-state index contributed by atoms with van der Waals surface area (Å²) in [4.78, 5) is 35.2. The van der Waals surface area contributed by atoms with E-state index in [2.05, 4.69) is 31.3 Å². The lowest BCUT2D eigenvalue weighted by Crippen LogP contribution is -2.60. The summed E-state index contributed by atoms with van der Waals surface area (Å²) in [6, 6.07) is 5.50.